The summed E-state index contributed by atoms with van der Waals surface area (Å²) < 4.78 is 28.5. The molecule has 0 aliphatic heterocycles. The molecular formula is C16H17N5O2S. The second-order valence-electron chi connectivity index (χ2n) is 5.47. The summed E-state index contributed by atoms with van der Waals surface area (Å²) in [4.78, 5) is 7.95. The number of hydrogen-bond donors (Lipinski definition) is 1. The second-order valence-corrected chi connectivity index (χ2v) is 7.19. The predicted molar refractivity (Wildman–Crippen MR) is 90.8 cm³/mol. The van der Waals surface area contributed by atoms with Gasteiger partial charge in [0, 0.05) is 12.4 Å². The summed E-state index contributed by atoms with van der Waals surface area (Å²) in [6.07, 6.45) is 4.88. The standard InChI is InChI=1S/C16H17N5O2S/c1-13-3-2-4-15(9-13)11-24(22,23)20-16-18-12-21(19-16)10-14-5-7-17-8-6-14/h2-9,12H,10-11H2,1H3,(H,19,20). The minimum absolute atomic E-state index is 0.0664. The van der Waals surface area contributed by atoms with Crippen molar-refractivity contribution in [3.05, 3.63) is 71.8 Å². The van der Waals surface area contributed by atoms with Crippen molar-refractivity contribution in [1.29, 1.82) is 0 Å². The predicted octanol–water partition coefficient (Wildman–Crippen LogP) is 1.97. The molecule has 0 spiro atoms. The number of benzene rings is 1. The van der Waals surface area contributed by atoms with E-state index in [1.54, 1.807) is 23.1 Å². The summed E-state index contributed by atoms with van der Waals surface area (Å²) >= 11 is 0. The van der Waals surface area contributed by atoms with Crippen LogP contribution in [0.3, 0.4) is 0 Å². The van der Waals surface area contributed by atoms with E-state index in [2.05, 4.69) is 19.8 Å². The molecular weight excluding hydrogens is 326 g/mol. The van der Waals surface area contributed by atoms with E-state index in [1.807, 2.05) is 37.3 Å². The maximum atomic E-state index is 12.2. The van der Waals surface area contributed by atoms with Crippen LogP contribution >= 0.6 is 0 Å². The van der Waals surface area contributed by atoms with Crippen molar-refractivity contribution in [3.8, 4) is 0 Å². The van der Waals surface area contributed by atoms with Gasteiger partial charge in [-0.2, -0.15) is 4.98 Å². The number of rotatable bonds is 6. The Kier molecular flexibility index (Phi) is 4.57. The number of hydrogen-bond acceptors (Lipinski definition) is 5. The van der Waals surface area contributed by atoms with E-state index >= 15 is 0 Å². The van der Waals surface area contributed by atoms with Crippen LogP contribution in [-0.4, -0.2) is 28.2 Å². The first kappa shape index (κ1) is 16.1. The SMILES string of the molecule is Cc1cccc(CS(=O)(=O)Nc2ncn(Cc3ccncc3)n2)c1. The quantitative estimate of drug-likeness (QED) is 0.739. The summed E-state index contributed by atoms with van der Waals surface area (Å²) in [6.45, 7) is 2.42. The van der Waals surface area contributed by atoms with Crippen LogP contribution in [0.25, 0.3) is 0 Å². The average Bonchev–Trinajstić information content (AvgIpc) is 2.94. The smallest absolute Gasteiger partial charge is 0.255 e. The van der Waals surface area contributed by atoms with Crippen molar-refractivity contribution in [2.75, 3.05) is 4.72 Å². The fourth-order valence-electron chi connectivity index (χ4n) is 2.29. The van der Waals surface area contributed by atoms with Gasteiger partial charge in [-0.15, -0.1) is 5.10 Å². The van der Waals surface area contributed by atoms with Gasteiger partial charge >= 0.3 is 0 Å². The van der Waals surface area contributed by atoms with Crippen LogP contribution in [0.2, 0.25) is 0 Å². The Hall–Kier alpha value is -2.74. The summed E-state index contributed by atoms with van der Waals surface area (Å²) in [5.41, 5.74) is 2.74. The van der Waals surface area contributed by atoms with Gasteiger partial charge in [0.2, 0.25) is 10.0 Å². The van der Waals surface area contributed by atoms with Crippen LogP contribution in [0, 0.1) is 6.92 Å². The Labute approximate surface area is 140 Å². The number of aromatic nitrogens is 4. The number of aryl methyl sites for hydroxylation is 1. The zero-order valence-corrected chi connectivity index (χ0v) is 13.9. The van der Waals surface area contributed by atoms with E-state index in [0.717, 1.165) is 16.7 Å². The highest BCUT2D eigenvalue weighted by Crippen LogP contribution is 2.11. The minimum atomic E-state index is -3.56. The molecule has 0 saturated heterocycles. The summed E-state index contributed by atoms with van der Waals surface area (Å²) in [6, 6.07) is 11.1. The number of sulfonamides is 1. The van der Waals surface area contributed by atoms with Crippen LogP contribution in [0.1, 0.15) is 16.7 Å². The van der Waals surface area contributed by atoms with E-state index in [1.165, 1.54) is 6.33 Å². The van der Waals surface area contributed by atoms with Crippen LogP contribution in [0.15, 0.2) is 55.1 Å². The molecule has 124 valence electrons. The van der Waals surface area contributed by atoms with Gasteiger partial charge in [-0.1, -0.05) is 29.8 Å². The summed E-state index contributed by atoms with van der Waals surface area (Å²) in [7, 11) is -3.56. The van der Waals surface area contributed by atoms with Crippen molar-refractivity contribution in [2.45, 2.75) is 19.2 Å². The van der Waals surface area contributed by atoms with Gasteiger partial charge in [0.25, 0.3) is 5.95 Å². The lowest BCUT2D eigenvalue weighted by Gasteiger charge is -2.05. The number of pyridine rings is 1. The zero-order chi connectivity index (χ0) is 17.0. The molecule has 0 fully saturated rings. The molecule has 8 heteroatoms. The fourth-order valence-corrected chi connectivity index (χ4v) is 3.35. The van der Waals surface area contributed by atoms with Crippen LogP contribution in [0.4, 0.5) is 5.95 Å². The third-order valence-electron chi connectivity index (χ3n) is 3.32. The molecule has 3 aromatic rings. The molecule has 0 bridgehead atoms. The van der Waals surface area contributed by atoms with Crippen molar-refractivity contribution in [2.24, 2.45) is 0 Å². The van der Waals surface area contributed by atoms with Gasteiger partial charge in [-0.25, -0.2) is 17.8 Å². The lowest BCUT2D eigenvalue weighted by molar-refractivity contribution is 0.599. The minimum Gasteiger partial charge on any atom is -0.265 e. The Morgan fingerprint density at radius 3 is 2.67 bits per heavy atom. The first-order valence-electron chi connectivity index (χ1n) is 7.34. The van der Waals surface area contributed by atoms with Gasteiger partial charge < -0.3 is 0 Å². The molecule has 2 aromatic heterocycles. The molecule has 7 nitrogen and oxygen atoms in total. The molecule has 3 rings (SSSR count). The van der Waals surface area contributed by atoms with E-state index < -0.39 is 10.0 Å². The van der Waals surface area contributed by atoms with Crippen molar-refractivity contribution >= 4 is 16.0 Å². The van der Waals surface area contributed by atoms with E-state index in [4.69, 9.17) is 0 Å². The van der Waals surface area contributed by atoms with Gasteiger partial charge in [0.05, 0.1) is 12.3 Å². The van der Waals surface area contributed by atoms with Crippen LogP contribution in [0.5, 0.6) is 0 Å². The van der Waals surface area contributed by atoms with Gasteiger partial charge in [0.15, 0.2) is 0 Å². The lowest BCUT2D eigenvalue weighted by Crippen LogP contribution is -2.16. The fraction of sp³-hybridized carbons (Fsp3) is 0.188. The normalized spacial score (nSPS) is 11.4. The maximum Gasteiger partial charge on any atom is 0.255 e. The first-order valence-corrected chi connectivity index (χ1v) is 9.00. The molecule has 1 N–H and O–H groups in total. The first-order chi connectivity index (χ1) is 11.5. The maximum absolute atomic E-state index is 12.2. The molecule has 2 heterocycles. The zero-order valence-electron chi connectivity index (χ0n) is 13.1. The summed E-state index contributed by atoms with van der Waals surface area (Å²) in [5, 5.41) is 4.14. The molecule has 0 atom stereocenters. The Morgan fingerprint density at radius 1 is 1.12 bits per heavy atom. The number of anilines is 1. The Morgan fingerprint density at radius 2 is 1.92 bits per heavy atom. The third kappa shape index (κ3) is 4.39. The monoisotopic (exact) mass is 343 g/mol. The molecule has 0 amide bonds. The van der Waals surface area contributed by atoms with E-state index in [0.29, 0.717) is 6.54 Å². The van der Waals surface area contributed by atoms with Gasteiger partial charge in [0.1, 0.15) is 6.33 Å². The van der Waals surface area contributed by atoms with E-state index in [9.17, 15) is 8.42 Å². The molecule has 1 aromatic carbocycles. The highest BCUT2D eigenvalue weighted by atomic mass is 32.2. The Bertz CT molecular complexity index is 922. The average molecular weight is 343 g/mol. The second kappa shape index (κ2) is 6.79. The van der Waals surface area contributed by atoms with Crippen LogP contribution in [-0.2, 0) is 22.3 Å². The highest BCUT2D eigenvalue weighted by molar-refractivity contribution is 7.91. The van der Waals surface area contributed by atoms with Gasteiger partial charge in [-0.05, 0) is 30.2 Å². The molecule has 0 aliphatic carbocycles. The van der Waals surface area contributed by atoms with Crippen molar-refractivity contribution in [1.82, 2.24) is 19.7 Å². The molecule has 0 aliphatic rings. The molecule has 0 unspecified atom stereocenters. The number of nitrogens with one attached hydrogen (secondary N) is 1. The number of nitrogens with zero attached hydrogens (tertiary/aromatic N) is 4. The topological polar surface area (TPSA) is 89.8 Å². The van der Waals surface area contributed by atoms with Crippen molar-refractivity contribution in [3.63, 3.8) is 0 Å². The Balaban J connectivity index is 1.67. The van der Waals surface area contributed by atoms with Gasteiger partial charge in [-0.3, -0.25) is 4.98 Å². The molecule has 0 radical (unpaired) electrons. The largest absolute Gasteiger partial charge is 0.265 e. The highest BCUT2D eigenvalue weighted by Gasteiger charge is 2.14. The lowest BCUT2D eigenvalue weighted by atomic mass is 10.2. The van der Waals surface area contributed by atoms with Crippen LogP contribution < -0.4 is 4.72 Å². The van der Waals surface area contributed by atoms with Crippen molar-refractivity contribution < 1.29 is 8.42 Å². The molecule has 0 saturated carbocycles. The van der Waals surface area contributed by atoms with E-state index in [-0.39, 0.29) is 11.7 Å². The summed E-state index contributed by atoms with van der Waals surface area (Å²) in [5.74, 6) is -0.0511. The third-order valence-corrected chi connectivity index (χ3v) is 4.52. The molecule has 24 heavy (non-hydrogen) atoms.